The van der Waals surface area contributed by atoms with Crippen LogP contribution in [0.15, 0.2) is 0 Å². The Bertz CT molecular complexity index is 71.5. The van der Waals surface area contributed by atoms with Gasteiger partial charge in [-0.2, -0.15) is 0 Å². The van der Waals surface area contributed by atoms with Crippen LogP contribution in [0.25, 0.3) is 0 Å². The predicted octanol–water partition coefficient (Wildman–Crippen LogP) is 1.52. The van der Waals surface area contributed by atoms with Gasteiger partial charge in [0.15, 0.2) is 0 Å². The van der Waals surface area contributed by atoms with Crippen molar-refractivity contribution in [3.63, 3.8) is 0 Å². The van der Waals surface area contributed by atoms with Crippen molar-refractivity contribution in [3.05, 3.63) is 0 Å². The molecule has 0 spiro atoms. The molecule has 0 radical (unpaired) electrons. The zero-order chi connectivity index (χ0) is 5.98. The minimum absolute atomic E-state index is 0. The quantitative estimate of drug-likeness (QED) is 0.557. The van der Waals surface area contributed by atoms with Crippen LogP contribution in [0.5, 0.6) is 0 Å². The summed E-state index contributed by atoms with van der Waals surface area (Å²) in [6.07, 6.45) is 0.843. The molecule has 1 rings (SSSR count). The van der Waals surface area contributed by atoms with Gasteiger partial charge in [0.2, 0.25) is 0 Å². The molecule has 0 aromatic heterocycles. The largest absolute Gasteiger partial charge is 0.314 e. The minimum atomic E-state index is -0.550. The van der Waals surface area contributed by atoms with Crippen LogP contribution >= 0.6 is 12.4 Å². The molecule has 1 aliphatic rings. The highest BCUT2D eigenvalue weighted by molar-refractivity contribution is 5.85. The first-order chi connectivity index (χ1) is 3.79. The lowest BCUT2D eigenvalue weighted by Crippen LogP contribution is -2.36. The van der Waals surface area contributed by atoms with Crippen molar-refractivity contribution in [1.29, 1.82) is 0 Å². The first-order valence-corrected chi connectivity index (χ1v) is 3.16. The van der Waals surface area contributed by atoms with Crippen LogP contribution in [-0.4, -0.2) is 18.8 Å². The van der Waals surface area contributed by atoms with Gasteiger partial charge in [-0.3, -0.25) is 0 Å². The molecule has 0 bridgehead atoms. The summed E-state index contributed by atoms with van der Waals surface area (Å²) in [6.45, 7) is 2.87. The molecular formula is C6H13ClFN. The Morgan fingerprint density at radius 3 is 2.56 bits per heavy atom. The fraction of sp³-hybridized carbons (Fsp3) is 1.00. The van der Waals surface area contributed by atoms with Crippen LogP contribution in [0.3, 0.4) is 0 Å². The molecule has 2 unspecified atom stereocenters. The highest BCUT2D eigenvalue weighted by Gasteiger charge is 2.15. The summed E-state index contributed by atoms with van der Waals surface area (Å²) in [4.78, 5) is 0. The van der Waals surface area contributed by atoms with Gasteiger partial charge in [-0.25, -0.2) is 4.39 Å². The lowest BCUT2D eigenvalue weighted by Gasteiger charge is -2.22. The van der Waals surface area contributed by atoms with Gasteiger partial charge in [0.05, 0.1) is 0 Å². The first-order valence-electron chi connectivity index (χ1n) is 3.16. The van der Waals surface area contributed by atoms with E-state index < -0.39 is 6.17 Å². The molecule has 3 heteroatoms. The van der Waals surface area contributed by atoms with Gasteiger partial charge in [0.25, 0.3) is 0 Å². The van der Waals surface area contributed by atoms with Crippen molar-refractivity contribution in [2.24, 2.45) is 0 Å². The van der Waals surface area contributed by atoms with Crippen LogP contribution in [0, 0.1) is 0 Å². The number of hydrogen-bond donors (Lipinski definition) is 1. The van der Waals surface area contributed by atoms with Crippen LogP contribution in [-0.2, 0) is 0 Å². The average Bonchev–Trinajstić information content (AvgIpc) is 1.64. The standard InChI is InChI=1S/C6H12FN.ClH/c1-5-4-6(7)2-3-8-5;/h5-6,8H,2-4H2,1H3;1H. The van der Waals surface area contributed by atoms with Gasteiger partial charge in [-0.1, -0.05) is 0 Å². The Kier molecular flexibility index (Phi) is 4.15. The summed E-state index contributed by atoms with van der Waals surface area (Å²) < 4.78 is 12.4. The zero-order valence-electron chi connectivity index (χ0n) is 5.56. The Morgan fingerprint density at radius 2 is 2.22 bits per heavy atom. The summed E-state index contributed by atoms with van der Waals surface area (Å²) in [5, 5.41) is 3.17. The lowest BCUT2D eigenvalue weighted by atomic mass is 10.1. The van der Waals surface area contributed by atoms with E-state index in [2.05, 4.69) is 5.32 Å². The van der Waals surface area contributed by atoms with E-state index in [0.29, 0.717) is 18.9 Å². The number of rotatable bonds is 0. The number of piperidine rings is 1. The summed E-state index contributed by atoms with van der Waals surface area (Å²) in [5.74, 6) is 0. The van der Waals surface area contributed by atoms with Crippen molar-refractivity contribution in [2.45, 2.75) is 32.0 Å². The molecule has 0 aromatic carbocycles. The third-order valence-electron chi connectivity index (χ3n) is 1.56. The van der Waals surface area contributed by atoms with E-state index in [-0.39, 0.29) is 12.4 Å². The van der Waals surface area contributed by atoms with E-state index in [4.69, 9.17) is 0 Å². The number of hydrogen-bond acceptors (Lipinski definition) is 1. The second-order valence-corrected chi connectivity index (χ2v) is 2.48. The van der Waals surface area contributed by atoms with Crippen molar-refractivity contribution >= 4 is 12.4 Å². The van der Waals surface area contributed by atoms with Gasteiger partial charge in [-0.15, -0.1) is 12.4 Å². The maximum absolute atomic E-state index is 12.4. The topological polar surface area (TPSA) is 12.0 Å². The third-order valence-corrected chi connectivity index (χ3v) is 1.56. The third kappa shape index (κ3) is 3.01. The highest BCUT2D eigenvalue weighted by Crippen LogP contribution is 2.10. The maximum atomic E-state index is 12.4. The van der Waals surface area contributed by atoms with Crippen LogP contribution < -0.4 is 5.32 Å². The average molecular weight is 154 g/mol. The van der Waals surface area contributed by atoms with Gasteiger partial charge in [-0.05, 0) is 26.3 Å². The fourth-order valence-corrected chi connectivity index (χ4v) is 1.07. The molecule has 0 aliphatic carbocycles. The van der Waals surface area contributed by atoms with Gasteiger partial charge < -0.3 is 5.32 Å². The summed E-state index contributed by atoms with van der Waals surface area (Å²) in [6, 6.07) is 0.388. The van der Waals surface area contributed by atoms with Gasteiger partial charge in [0.1, 0.15) is 6.17 Å². The fourth-order valence-electron chi connectivity index (χ4n) is 1.07. The van der Waals surface area contributed by atoms with E-state index in [1.807, 2.05) is 6.92 Å². The normalized spacial score (nSPS) is 35.3. The minimum Gasteiger partial charge on any atom is -0.314 e. The number of nitrogens with one attached hydrogen (secondary N) is 1. The van der Waals surface area contributed by atoms with E-state index in [0.717, 1.165) is 6.54 Å². The lowest BCUT2D eigenvalue weighted by molar-refractivity contribution is 0.230. The van der Waals surface area contributed by atoms with Crippen LogP contribution in [0.4, 0.5) is 4.39 Å². The summed E-state index contributed by atoms with van der Waals surface area (Å²) in [7, 11) is 0. The summed E-state index contributed by atoms with van der Waals surface area (Å²) >= 11 is 0. The Hall–Kier alpha value is 0.180. The molecular weight excluding hydrogens is 141 g/mol. The molecule has 1 aliphatic heterocycles. The monoisotopic (exact) mass is 153 g/mol. The van der Waals surface area contributed by atoms with E-state index in [1.165, 1.54) is 0 Å². The highest BCUT2D eigenvalue weighted by atomic mass is 35.5. The van der Waals surface area contributed by atoms with E-state index in [9.17, 15) is 4.39 Å². The molecule has 2 atom stereocenters. The predicted molar refractivity (Wildman–Crippen MR) is 38.8 cm³/mol. The zero-order valence-corrected chi connectivity index (χ0v) is 6.38. The Labute approximate surface area is 61.4 Å². The molecule has 56 valence electrons. The molecule has 1 fully saturated rings. The molecule has 0 aromatic rings. The van der Waals surface area contributed by atoms with E-state index in [1.54, 1.807) is 0 Å². The second-order valence-electron chi connectivity index (χ2n) is 2.48. The van der Waals surface area contributed by atoms with Crippen molar-refractivity contribution in [1.82, 2.24) is 5.32 Å². The Balaban J connectivity index is 0.000000640. The smallest absolute Gasteiger partial charge is 0.103 e. The van der Waals surface area contributed by atoms with Crippen LogP contribution in [0.2, 0.25) is 0 Å². The molecule has 9 heavy (non-hydrogen) atoms. The van der Waals surface area contributed by atoms with Crippen molar-refractivity contribution in [2.75, 3.05) is 6.54 Å². The second kappa shape index (κ2) is 4.07. The van der Waals surface area contributed by atoms with E-state index >= 15 is 0 Å². The number of alkyl halides is 1. The SMILES string of the molecule is CC1CC(F)CCN1.Cl. The summed E-state index contributed by atoms with van der Waals surface area (Å²) in [5.41, 5.74) is 0. The first kappa shape index (κ1) is 9.18. The molecule has 0 saturated carbocycles. The van der Waals surface area contributed by atoms with Gasteiger partial charge in [0, 0.05) is 6.04 Å². The molecule has 1 nitrogen and oxygen atoms in total. The maximum Gasteiger partial charge on any atom is 0.103 e. The molecule has 1 saturated heterocycles. The van der Waals surface area contributed by atoms with Crippen molar-refractivity contribution < 1.29 is 4.39 Å². The molecule has 0 amide bonds. The van der Waals surface area contributed by atoms with Crippen molar-refractivity contribution in [3.8, 4) is 0 Å². The van der Waals surface area contributed by atoms with Gasteiger partial charge >= 0.3 is 0 Å². The Morgan fingerprint density at radius 1 is 1.56 bits per heavy atom. The van der Waals surface area contributed by atoms with Crippen LogP contribution in [0.1, 0.15) is 19.8 Å². The molecule has 1 heterocycles. The number of halogens is 2. The molecule has 1 N–H and O–H groups in total.